The van der Waals surface area contributed by atoms with Crippen molar-refractivity contribution in [1.82, 2.24) is 0 Å². The van der Waals surface area contributed by atoms with Crippen molar-refractivity contribution in [2.45, 2.75) is 41.5 Å². The Morgan fingerprint density at radius 2 is 1.36 bits per heavy atom. The van der Waals surface area contributed by atoms with Gasteiger partial charge in [0.1, 0.15) is 0 Å². The molecule has 0 N–H and O–H groups in total. The average Bonchev–Trinajstić information content (AvgIpc) is 3.47. The Morgan fingerprint density at radius 3 is 1.69 bits per heavy atom. The fourth-order valence-electron chi connectivity index (χ4n) is 4.14. The molecule has 0 aromatic heterocycles. The van der Waals surface area contributed by atoms with Gasteiger partial charge in [0.15, 0.2) is 0 Å². The molecule has 0 amide bonds. The predicted octanol–water partition coefficient (Wildman–Crippen LogP) is 4.06. The summed E-state index contributed by atoms with van der Waals surface area (Å²) in [5.41, 5.74) is 6.75. The smallest absolute Gasteiger partial charge is 1.00 e. The van der Waals surface area contributed by atoms with Gasteiger partial charge in [0.2, 0.25) is 0 Å². The van der Waals surface area contributed by atoms with Crippen molar-refractivity contribution < 1.29 is 49.0 Å². The minimum absolute atomic E-state index is 0. The monoisotopic (exact) mass is 630 g/mol. The summed E-state index contributed by atoms with van der Waals surface area (Å²) < 4.78 is 1.46. The standard InChI is InChI=1S/C17H13.C10H15.C9H10.2ClH.Zr/c1-3-12-5-7-14-11-15-8-6-13(4-2)10-17(15)16(14)9-12;1-8-5-6-9(7-8)10(2,3)4;1-3-9-6-4-8(2)5-7-9;;;/h3-11H,1-2H2;6-8H,1-4H3;4-7H,1-2H3;2*1H;/q2*-1;;;;+2/p-2. The van der Waals surface area contributed by atoms with Crippen molar-refractivity contribution >= 4 is 36.9 Å². The molecule has 39 heavy (non-hydrogen) atoms. The SMILES string of the molecule is C=Cc1ccc2[cH-]c3ccc(C=C)cc3c2c1.CC1[C-]=CC(C(C)(C)C)=C1.C[C](=[Zr+2])c1ccc(C)cc1.[Cl-].[Cl-]. The van der Waals surface area contributed by atoms with Crippen LogP contribution in [0.1, 0.15) is 56.9 Å². The fraction of sp³-hybridized carbons (Fsp3) is 0.222. The molecule has 0 bridgehead atoms. The first-order valence-corrected chi connectivity index (χ1v) is 14.1. The van der Waals surface area contributed by atoms with Gasteiger partial charge in [-0.05, 0) is 11.1 Å². The minimum atomic E-state index is 0. The molecule has 4 aromatic carbocycles. The van der Waals surface area contributed by atoms with Crippen LogP contribution in [0.5, 0.6) is 0 Å². The molecule has 0 radical (unpaired) electrons. The van der Waals surface area contributed by atoms with E-state index in [0.717, 1.165) is 11.1 Å². The predicted molar refractivity (Wildman–Crippen MR) is 163 cm³/mol. The number of allylic oxidation sites excluding steroid dienone is 4. The Bertz CT molecular complexity index is 1410. The number of hydrogen-bond acceptors (Lipinski definition) is 0. The van der Waals surface area contributed by atoms with Crippen LogP contribution in [0.2, 0.25) is 0 Å². The fourth-order valence-corrected chi connectivity index (χ4v) is 4.55. The van der Waals surface area contributed by atoms with Gasteiger partial charge in [-0.1, -0.05) is 88.6 Å². The van der Waals surface area contributed by atoms with E-state index in [2.05, 4.69) is 140 Å². The number of aryl methyl sites for hydroxylation is 1. The Balaban J connectivity index is 0.000000303. The number of rotatable bonds is 3. The second-order valence-electron chi connectivity index (χ2n) is 10.7. The van der Waals surface area contributed by atoms with Gasteiger partial charge in [-0.3, -0.25) is 6.08 Å². The van der Waals surface area contributed by atoms with Gasteiger partial charge in [-0.2, -0.15) is 11.6 Å². The molecule has 0 aliphatic heterocycles. The van der Waals surface area contributed by atoms with E-state index in [1.54, 1.807) is 0 Å². The summed E-state index contributed by atoms with van der Waals surface area (Å²) in [6, 6.07) is 23.8. The third-order valence-corrected chi connectivity index (χ3v) is 7.22. The number of hydrogen-bond donors (Lipinski definition) is 0. The summed E-state index contributed by atoms with van der Waals surface area (Å²) in [5, 5.41) is 5.15. The van der Waals surface area contributed by atoms with E-state index in [4.69, 9.17) is 0 Å². The molecule has 1 atom stereocenters. The van der Waals surface area contributed by atoms with E-state index in [9.17, 15) is 0 Å². The summed E-state index contributed by atoms with van der Waals surface area (Å²) in [5.74, 6) is 0.522. The average molecular weight is 633 g/mol. The maximum atomic E-state index is 3.82. The zero-order valence-corrected chi connectivity index (χ0v) is 27.9. The van der Waals surface area contributed by atoms with E-state index in [1.807, 2.05) is 12.2 Å². The first-order chi connectivity index (χ1) is 17.5. The topological polar surface area (TPSA) is 0 Å². The van der Waals surface area contributed by atoms with Crippen molar-refractivity contribution in [3.63, 3.8) is 0 Å². The molecule has 0 heterocycles. The molecule has 4 aromatic rings. The Kier molecular flexibility index (Phi) is 13.9. The molecular formula is C36H38Cl2Zr-2. The van der Waals surface area contributed by atoms with Crippen molar-refractivity contribution in [1.29, 1.82) is 0 Å². The summed E-state index contributed by atoms with van der Waals surface area (Å²) in [6.45, 7) is 20.8. The van der Waals surface area contributed by atoms with Gasteiger partial charge in [-0.25, -0.2) is 6.08 Å². The Morgan fingerprint density at radius 1 is 0.872 bits per heavy atom. The van der Waals surface area contributed by atoms with E-state index in [0.29, 0.717) is 11.3 Å². The third kappa shape index (κ3) is 9.75. The van der Waals surface area contributed by atoms with Crippen LogP contribution in [-0.2, 0) is 24.2 Å². The maximum Gasteiger partial charge on any atom is -1.00 e. The van der Waals surface area contributed by atoms with Crippen molar-refractivity contribution in [2.24, 2.45) is 11.3 Å². The number of fused-ring (bicyclic) bond motifs is 3. The van der Waals surface area contributed by atoms with E-state index in [-0.39, 0.29) is 24.8 Å². The summed E-state index contributed by atoms with van der Waals surface area (Å²) in [6.07, 6.45) is 11.4. The normalized spacial score (nSPS) is 13.6. The van der Waals surface area contributed by atoms with Crippen molar-refractivity contribution in [3.05, 3.63) is 126 Å². The third-order valence-electron chi connectivity index (χ3n) is 6.51. The van der Waals surface area contributed by atoms with Crippen LogP contribution >= 0.6 is 0 Å². The molecular weight excluding hydrogens is 595 g/mol. The van der Waals surface area contributed by atoms with Gasteiger partial charge in [0, 0.05) is 0 Å². The van der Waals surface area contributed by atoms with Crippen LogP contribution in [0.25, 0.3) is 33.7 Å². The largest absolute Gasteiger partial charge is 1.00 e. The molecule has 1 unspecified atom stereocenters. The molecule has 1 aliphatic carbocycles. The summed E-state index contributed by atoms with van der Waals surface area (Å²) in [4.78, 5) is 0. The van der Waals surface area contributed by atoms with Crippen LogP contribution in [-0.4, -0.2) is 3.21 Å². The van der Waals surface area contributed by atoms with Crippen LogP contribution < -0.4 is 24.8 Å². The van der Waals surface area contributed by atoms with E-state index in [1.165, 1.54) is 65.7 Å². The Hall–Kier alpha value is -2.18. The molecule has 0 fully saturated rings. The zero-order valence-electron chi connectivity index (χ0n) is 23.9. The number of benzene rings is 3. The van der Waals surface area contributed by atoms with Gasteiger partial charge in [-0.15, -0.1) is 39.7 Å². The first kappa shape index (κ1) is 34.9. The zero-order chi connectivity index (χ0) is 27.2. The van der Waals surface area contributed by atoms with Gasteiger partial charge < -0.3 is 24.8 Å². The van der Waals surface area contributed by atoms with Crippen LogP contribution in [0.3, 0.4) is 0 Å². The number of halogens is 2. The second-order valence-corrected chi connectivity index (χ2v) is 12.6. The minimum Gasteiger partial charge on any atom is -1.00 e. The molecule has 0 saturated heterocycles. The molecule has 0 nitrogen and oxygen atoms in total. The summed E-state index contributed by atoms with van der Waals surface area (Å²) >= 11 is 1.51. The molecule has 0 saturated carbocycles. The quantitative estimate of drug-likeness (QED) is 0.299. The van der Waals surface area contributed by atoms with Crippen LogP contribution in [0, 0.1) is 24.3 Å². The van der Waals surface area contributed by atoms with Gasteiger partial charge >= 0.3 is 76.7 Å². The first-order valence-electron chi connectivity index (χ1n) is 12.8. The van der Waals surface area contributed by atoms with Crippen LogP contribution in [0.4, 0.5) is 0 Å². The van der Waals surface area contributed by atoms with Gasteiger partial charge in [0.05, 0.1) is 0 Å². The van der Waals surface area contributed by atoms with Crippen molar-refractivity contribution in [3.8, 4) is 0 Å². The molecule has 3 heteroatoms. The molecule has 5 rings (SSSR count). The van der Waals surface area contributed by atoms with E-state index < -0.39 is 0 Å². The maximum absolute atomic E-state index is 3.82. The Labute approximate surface area is 263 Å². The molecule has 202 valence electrons. The summed E-state index contributed by atoms with van der Waals surface area (Å²) in [7, 11) is 0. The van der Waals surface area contributed by atoms with Crippen molar-refractivity contribution in [2.75, 3.05) is 0 Å². The molecule has 0 spiro atoms. The van der Waals surface area contributed by atoms with Gasteiger partial charge in [0.25, 0.3) is 0 Å². The van der Waals surface area contributed by atoms with E-state index >= 15 is 0 Å². The van der Waals surface area contributed by atoms with Crippen LogP contribution in [0.15, 0.2) is 97.6 Å². The second kappa shape index (κ2) is 15.6. The molecule has 1 aliphatic rings.